The van der Waals surface area contributed by atoms with Crippen molar-refractivity contribution in [3.63, 3.8) is 0 Å². The molecule has 2 fully saturated rings. The van der Waals surface area contributed by atoms with E-state index in [1.807, 2.05) is 17.0 Å². The minimum atomic E-state index is -0.243. The van der Waals surface area contributed by atoms with Gasteiger partial charge in [0.05, 0.1) is 37.4 Å². The maximum Gasteiger partial charge on any atom is 0.227 e. The lowest BCUT2D eigenvalue weighted by molar-refractivity contribution is -0.141. The minimum Gasteiger partial charge on any atom is -0.394 e. The number of fused-ring (bicyclic) bond motifs is 1. The molecular weight excluding hydrogens is 308 g/mol. The Hall–Kier alpha value is -1.50. The Morgan fingerprint density at radius 2 is 2.21 bits per heavy atom. The standard InChI is InChI=1S/C18H26N2O4/c1-23-18-5-2-15(24-11-10-21)13-16(18)20(9-6-18)17(22)12-14-3-7-19-8-4-14/h3-4,7-8,15-16,21H,2,5-6,9-13H2,1H3/t15-,16-,18+/m0/s1. The smallest absolute Gasteiger partial charge is 0.227 e. The molecule has 1 aromatic heterocycles. The minimum absolute atomic E-state index is 0.0290. The number of aromatic nitrogens is 1. The number of hydrogen-bond donors (Lipinski definition) is 1. The van der Waals surface area contributed by atoms with E-state index in [0.717, 1.165) is 37.8 Å². The summed E-state index contributed by atoms with van der Waals surface area (Å²) in [5.41, 5.74) is 0.737. The zero-order valence-electron chi connectivity index (χ0n) is 14.2. The van der Waals surface area contributed by atoms with Crippen LogP contribution in [0, 0.1) is 0 Å². The summed E-state index contributed by atoms with van der Waals surface area (Å²) in [4.78, 5) is 18.8. The van der Waals surface area contributed by atoms with E-state index in [4.69, 9.17) is 14.6 Å². The molecule has 0 aromatic carbocycles. The third-order valence-corrected chi connectivity index (χ3v) is 5.41. The Morgan fingerprint density at radius 1 is 1.42 bits per heavy atom. The van der Waals surface area contributed by atoms with Gasteiger partial charge in [-0.1, -0.05) is 0 Å². The van der Waals surface area contributed by atoms with Crippen LogP contribution in [-0.4, -0.2) is 65.5 Å². The van der Waals surface area contributed by atoms with Gasteiger partial charge in [0, 0.05) is 26.0 Å². The van der Waals surface area contributed by atoms with Gasteiger partial charge in [-0.3, -0.25) is 9.78 Å². The third-order valence-electron chi connectivity index (χ3n) is 5.41. The highest BCUT2D eigenvalue weighted by Crippen LogP contribution is 2.43. The fraction of sp³-hybridized carbons (Fsp3) is 0.667. The van der Waals surface area contributed by atoms with Crippen LogP contribution in [0.4, 0.5) is 0 Å². The summed E-state index contributed by atoms with van der Waals surface area (Å²) in [6, 6.07) is 3.81. The number of nitrogens with zero attached hydrogens (tertiary/aromatic N) is 2. The second-order valence-electron chi connectivity index (χ2n) is 6.64. The first-order valence-electron chi connectivity index (χ1n) is 8.64. The second kappa shape index (κ2) is 7.59. The molecule has 3 rings (SSSR count). The van der Waals surface area contributed by atoms with E-state index >= 15 is 0 Å². The lowest BCUT2D eigenvalue weighted by Gasteiger charge is -2.43. The van der Waals surface area contributed by atoms with Crippen LogP contribution in [0.5, 0.6) is 0 Å². The van der Waals surface area contributed by atoms with Crippen molar-refractivity contribution in [1.82, 2.24) is 9.88 Å². The van der Waals surface area contributed by atoms with Crippen molar-refractivity contribution in [3.05, 3.63) is 30.1 Å². The zero-order chi connectivity index (χ0) is 17.0. The highest BCUT2D eigenvalue weighted by Gasteiger charge is 2.52. The van der Waals surface area contributed by atoms with Crippen LogP contribution < -0.4 is 0 Å². The number of amides is 1. The van der Waals surface area contributed by atoms with Crippen LogP contribution in [0.1, 0.15) is 31.2 Å². The van der Waals surface area contributed by atoms with Crippen LogP contribution >= 0.6 is 0 Å². The molecule has 3 atom stereocenters. The van der Waals surface area contributed by atoms with Crippen LogP contribution in [0.2, 0.25) is 0 Å². The molecule has 6 heteroatoms. The van der Waals surface area contributed by atoms with Crippen LogP contribution in [0.15, 0.2) is 24.5 Å². The van der Waals surface area contributed by atoms with Gasteiger partial charge in [0.15, 0.2) is 0 Å². The fourth-order valence-electron chi connectivity index (χ4n) is 4.11. The van der Waals surface area contributed by atoms with E-state index in [9.17, 15) is 4.79 Å². The number of ether oxygens (including phenoxy) is 2. The number of aliphatic hydroxyl groups excluding tert-OH is 1. The summed E-state index contributed by atoms with van der Waals surface area (Å²) < 4.78 is 11.6. The number of pyridine rings is 1. The Bertz CT molecular complexity index is 553. The highest BCUT2D eigenvalue weighted by molar-refractivity contribution is 5.79. The third kappa shape index (κ3) is 3.45. The number of carbonyl (C=O) groups excluding carboxylic acids is 1. The van der Waals surface area contributed by atoms with Gasteiger partial charge in [0.1, 0.15) is 0 Å². The van der Waals surface area contributed by atoms with Gasteiger partial charge < -0.3 is 19.5 Å². The summed E-state index contributed by atoms with van der Waals surface area (Å²) in [7, 11) is 1.75. The molecule has 1 amide bonds. The maximum atomic E-state index is 12.8. The van der Waals surface area contributed by atoms with Gasteiger partial charge in [-0.25, -0.2) is 0 Å². The molecule has 1 aromatic rings. The molecule has 1 saturated carbocycles. The second-order valence-corrected chi connectivity index (χ2v) is 6.64. The molecule has 6 nitrogen and oxygen atoms in total. The molecule has 1 saturated heterocycles. The predicted molar refractivity (Wildman–Crippen MR) is 88.5 cm³/mol. The Morgan fingerprint density at radius 3 is 2.92 bits per heavy atom. The van der Waals surface area contributed by atoms with Gasteiger partial charge in [0.25, 0.3) is 0 Å². The van der Waals surface area contributed by atoms with Gasteiger partial charge in [-0.2, -0.15) is 0 Å². The molecule has 1 aliphatic carbocycles. The molecule has 0 spiro atoms. The number of hydrogen-bond acceptors (Lipinski definition) is 5. The van der Waals surface area contributed by atoms with Crippen LogP contribution in [0.3, 0.4) is 0 Å². The Balaban J connectivity index is 1.70. The van der Waals surface area contributed by atoms with E-state index in [2.05, 4.69) is 4.98 Å². The first-order valence-corrected chi connectivity index (χ1v) is 8.64. The average molecular weight is 334 g/mol. The monoisotopic (exact) mass is 334 g/mol. The molecule has 24 heavy (non-hydrogen) atoms. The summed E-state index contributed by atoms with van der Waals surface area (Å²) in [5.74, 6) is 0.132. The van der Waals surface area contributed by atoms with Crippen LogP contribution in [-0.2, 0) is 20.7 Å². The number of methoxy groups -OCH3 is 1. The zero-order valence-corrected chi connectivity index (χ0v) is 14.2. The molecule has 1 aliphatic heterocycles. The molecule has 2 aliphatic rings. The largest absolute Gasteiger partial charge is 0.394 e. The van der Waals surface area contributed by atoms with Crippen molar-refractivity contribution >= 4 is 5.91 Å². The average Bonchev–Trinajstić information content (AvgIpc) is 3.00. The van der Waals surface area contributed by atoms with Crippen LogP contribution in [0.25, 0.3) is 0 Å². The lowest BCUT2D eigenvalue weighted by atomic mass is 9.79. The van der Waals surface area contributed by atoms with Gasteiger partial charge in [-0.15, -0.1) is 0 Å². The first kappa shape index (κ1) is 17.3. The molecule has 1 N–H and O–H groups in total. The number of aliphatic hydroxyl groups is 1. The molecule has 132 valence electrons. The van der Waals surface area contributed by atoms with E-state index in [1.165, 1.54) is 0 Å². The normalized spacial score (nSPS) is 29.5. The summed E-state index contributed by atoms with van der Waals surface area (Å²) in [6.45, 7) is 1.11. The van der Waals surface area contributed by atoms with E-state index in [-0.39, 0.29) is 30.3 Å². The van der Waals surface area contributed by atoms with Gasteiger partial charge in [-0.05, 0) is 43.4 Å². The van der Waals surface area contributed by atoms with E-state index < -0.39 is 0 Å². The molecule has 2 heterocycles. The van der Waals surface area contributed by atoms with E-state index in [1.54, 1.807) is 19.5 Å². The highest BCUT2D eigenvalue weighted by atomic mass is 16.5. The summed E-state index contributed by atoms with van der Waals surface area (Å²) in [6.07, 6.45) is 7.36. The van der Waals surface area contributed by atoms with Gasteiger partial charge in [0.2, 0.25) is 5.91 Å². The quantitative estimate of drug-likeness (QED) is 0.845. The van der Waals surface area contributed by atoms with Crippen molar-refractivity contribution in [3.8, 4) is 0 Å². The predicted octanol–water partition coefficient (Wildman–Crippen LogP) is 1.17. The lowest BCUT2D eigenvalue weighted by Crippen LogP contribution is -2.53. The maximum absolute atomic E-state index is 12.8. The van der Waals surface area contributed by atoms with Crippen molar-refractivity contribution in [2.75, 3.05) is 26.9 Å². The number of rotatable bonds is 6. The molecule has 0 bridgehead atoms. The molecular formula is C18H26N2O4. The fourth-order valence-corrected chi connectivity index (χ4v) is 4.11. The van der Waals surface area contributed by atoms with Crippen molar-refractivity contribution in [2.24, 2.45) is 0 Å². The van der Waals surface area contributed by atoms with E-state index in [0.29, 0.717) is 13.0 Å². The summed E-state index contributed by atoms with van der Waals surface area (Å²) >= 11 is 0. The SMILES string of the molecule is CO[C@@]12CC[C@H](OCCO)C[C@@H]1N(C(=O)Cc1ccncc1)CC2. The van der Waals surface area contributed by atoms with Crippen molar-refractivity contribution in [2.45, 2.75) is 49.9 Å². The van der Waals surface area contributed by atoms with Crippen molar-refractivity contribution in [1.29, 1.82) is 0 Å². The van der Waals surface area contributed by atoms with Gasteiger partial charge >= 0.3 is 0 Å². The Kier molecular flexibility index (Phi) is 5.48. The molecule has 0 unspecified atom stereocenters. The number of likely N-dealkylation sites (tertiary alicyclic amines) is 1. The number of carbonyl (C=O) groups is 1. The van der Waals surface area contributed by atoms with Crippen molar-refractivity contribution < 1.29 is 19.4 Å². The first-order chi connectivity index (χ1) is 11.7. The Labute approximate surface area is 142 Å². The molecule has 0 radical (unpaired) electrons. The topological polar surface area (TPSA) is 71.9 Å². The summed E-state index contributed by atoms with van der Waals surface area (Å²) in [5, 5.41) is 8.97.